The molecule has 0 radical (unpaired) electrons. The Morgan fingerprint density at radius 1 is 0.318 bits per heavy atom. The van der Waals surface area contributed by atoms with Crippen LogP contribution >= 0.6 is 0 Å². The highest BCUT2D eigenvalue weighted by atomic mass is 16.6. The summed E-state index contributed by atoms with van der Waals surface area (Å²) in [7, 11) is 0. The van der Waals surface area contributed by atoms with Crippen LogP contribution in [-0.2, 0) is 28.6 Å². The fourth-order valence-electron chi connectivity index (χ4n) is 7.76. The Morgan fingerprint density at radius 2 is 0.591 bits per heavy atom. The van der Waals surface area contributed by atoms with E-state index in [0.29, 0.717) is 19.3 Å². The lowest BCUT2D eigenvalue weighted by molar-refractivity contribution is -0.167. The summed E-state index contributed by atoms with van der Waals surface area (Å²) < 4.78 is 16.8. The van der Waals surface area contributed by atoms with Crippen LogP contribution in [0.3, 0.4) is 0 Å². The molecule has 0 aromatic rings. The van der Waals surface area contributed by atoms with Crippen LogP contribution in [0.2, 0.25) is 0 Å². The Labute approximate surface area is 408 Å². The van der Waals surface area contributed by atoms with Gasteiger partial charge in [-0.05, 0) is 89.9 Å². The largest absolute Gasteiger partial charge is 0.462 e. The van der Waals surface area contributed by atoms with Crippen molar-refractivity contribution < 1.29 is 28.6 Å². The van der Waals surface area contributed by atoms with E-state index >= 15 is 0 Å². The maximum Gasteiger partial charge on any atom is 0.306 e. The average Bonchev–Trinajstić information content (AvgIpc) is 3.31. The van der Waals surface area contributed by atoms with Crippen molar-refractivity contribution in [1.82, 2.24) is 0 Å². The molecule has 0 saturated heterocycles. The van der Waals surface area contributed by atoms with Gasteiger partial charge in [0.2, 0.25) is 0 Å². The van der Waals surface area contributed by atoms with Gasteiger partial charge in [-0.25, -0.2) is 0 Å². The predicted octanol–water partition coefficient (Wildman–Crippen LogP) is 18.6. The number of carbonyl (C=O) groups excluding carboxylic acids is 3. The van der Waals surface area contributed by atoms with E-state index in [4.69, 9.17) is 14.2 Å². The highest BCUT2D eigenvalue weighted by Gasteiger charge is 2.19. The number of carbonyl (C=O) groups is 3. The van der Waals surface area contributed by atoms with Gasteiger partial charge in [-0.3, -0.25) is 14.4 Å². The molecule has 0 saturated carbocycles. The van der Waals surface area contributed by atoms with Gasteiger partial charge in [0.05, 0.1) is 0 Å². The van der Waals surface area contributed by atoms with Crippen molar-refractivity contribution in [3.8, 4) is 0 Å². The second-order valence-electron chi connectivity index (χ2n) is 18.5. The molecule has 380 valence electrons. The molecule has 0 bridgehead atoms. The number of rotatable bonds is 50. The summed E-state index contributed by atoms with van der Waals surface area (Å²) in [6.07, 6.45) is 69.0. The maximum atomic E-state index is 12.8. The molecular formula is C60H104O6. The van der Waals surface area contributed by atoms with Gasteiger partial charge in [0.25, 0.3) is 0 Å². The number of esters is 3. The molecule has 0 aromatic heterocycles. The highest BCUT2D eigenvalue weighted by Crippen LogP contribution is 2.15. The first-order valence-corrected chi connectivity index (χ1v) is 27.9. The molecule has 66 heavy (non-hydrogen) atoms. The van der Waals surface area contributed by atoms with Crippen molar-refractivity contribution in [2.75, 3.05) is 13.2 Å². The van der Waals surface area contributed by atoms with E-state index in [0.717, 1.165) is 96.3 Å². The summed E-state index contributed by atoms with van der Waals surface area (Å²) in [4.78, 5) is 38.0. The first-order valence-electron chi connectivity index (χ1n) is 27.9. The van der Waals surface area contributed by atoms with Crippen LogP contribution in [0.1, 0.15) is 271 Å². The zero-order valence-electron chi connectivity index (χ0n) is 43.4. The second kappa shape index (κ2) is 54.5. The van der Waals surface area contributed by atoms with Crippen LogP contribution in [0.15, 0.2) is 72.9 Å². The van der Waals surface area contributed by atoms with Gasteiger partial charge in [0, 0.05) is 19.3 Å². The normalized spacial score (nSPS) is 12.6. The van der Waals surface area contributed by atoms with E-state index in [-0.39, 0.29) is 31.1 Å². The number of allylic oxidation sites excluding steroid dienone is 12. The molecule has 0 aromatic carbocycles. The average molecular weight is 921 g/mol. The van der Waals surface area contributed by atoms with Crippen LogP contribution in [0.25, 0.3) is 0 Å². The molecule has 0 spiro atoms. The van der Waals surface area contributed by atoms with Gasteiger partial charge < -0.3 is 14.2 Å². The fourth-order valence-corrected chi connectivity index (χ4v) is 7.76. The van der Waals surface area contributed by atoms with Crippen LogP contribution < -0.4 is 0 Å². The number of unbranched alkanes of at least 4 members (excludes halogenated alkanes) is 27. The third-order valence-electron chi connectivity index (χ3n) is 11.9. The monoisotopic (exact) mass is 921 g/mol. The topological polar surface area (TPSA) is 78.9 Å². The number of hydrogen-bond donors (Lipinski definition) is 0. The molecule has 1 atom stereocenters. The van der Waals surface area contributed by atoms with Crippen LogP contribution in [0.4, 0.5) is 0 Å². The van der Waals surface area contributed by atoms with Crippen LogP contribution in [-0.4, -0.2) is 37.2 Å². The van der Waals surface area contributed by atoms with Crippen molar-refractivity contribution in [2.24, 2.45) is 0 Å². The van der Waals surface area contributed by atoms with Gasteiger partial charge in [0.1, 0.15) is 13.2 Å². The summed E-state index contributed by atoms with van der Waals surface area (Å²) >= 11 is 0. The molecule has 0 aliphatic rings. The third-order valence-corrected chi connectivity index (χ3v) is 11.9. The van der Waals surface area contributed by atoms with Gasteiger partial charge in [-0.15, -0.1) is 0 Å². The molecular weight excluding hydrogens is 817 g/mol. The van der Waals surface area contributed by atoms with Gasteiger partial charge in [-0.2, -0.15) is 0 Å². The fraction of sp³-hybridized carbons (Fsp3) is 0.750. The minimum Gasteiger partial charge on any atom is -0.462 e. The lowest BCUT2D eigenvalue weighted by Gasteiger charge is -2.18. The molecule has 0 N–H and O–H groups in total. The zero-order chi connectivity index (χ0) is 47.9. The summed E-state index contributed by atoms with van der Waals surface area (Å²) in [5.74, 6) is -0.889. The summed E-state index contributed by atoms with van der Waals surface area (Å²) in [5, 5.41) is 0. The predicted molar refractivity (Wildman–Crippen MR) is 284 cm³/mol. The molecule has 6 nitrogen and oxygen atoms in total. The maximum absolute atomic E-state index is 12.8. The van der Waals surface area contributed by atoms with Gasteiger partial charge in [-0.1, -0.05) is 235 Å². The summed E-state index contributed by atoms with van der Waals surface area (Å²) in [6.45, 7) is 6.48. The smallest absolute Gasteiger partial charge is 0.306 e. The van der Waals surface area contributed by atoms with Crippen LogP contribution in [0.5, 0.6) is 0 Å². The number of ether oxygens (including phenoxy) is 3. The van der Waals surface area contributed by atoms with E-state index in [1.807, 2.05) is 0 Å². The van der Waals surface area contributed by atoms with E-state index < -0.39 is 6.10 Å². The molecule has 1 unspecified atom stereocenters. The first-order chi connectivity index (χ1) is 32.5. The Morgan fingerprint density at radius 3 is 0.955 bits per heavy atom. The molecule has 0 fully saturated rings. The SMILES string of the molecule is CC/C=C\C/C=C\C/C=C\C/C=C\CCCCCCCCCCC(=O)OCC(COC(=O)CCCCCCCCCC)OC(=O)CCCCCCCCCCC/C=C\C/C=C\CCCCC. The molecule has 0 rings (SSSR count). The molecule has 0 heterocycles. The summed E-state index contributed by atoms with van der Waals surface area (Å²) in [5.41, 5.74) is 0. The Balaban J connectivity index is 4.27. The van der Waals surface area contributed by atoms with Crippen molar-refractivity contribution in [2.45, 2.75) is 277 Å². The molecule has 0 aliphatic heterocycles. The quantitative estimate of drug-likeness (QED) is 0.0262. The number of hydrogen-bond acceptors (Lipinski definition) is 6. The Hall–Kier alpha value is -3.15. The van der Waals surface area contributed by atoms with Gasteiger partial charge >= 0.3 is 17.9 Å². The van der Waals surface area contributed by atoms with E-state index in [1.165, 1.54) is 135 Å². The van der Waals surface area contributed by atoms with Crippen molar-refractivity contribution in [3.05, 3.63) is 72.9 Å². The molecule has 0 amide bonds. The lowest BCUT2D eigenvalue weighted by Crippen LogP contribution is -2.30. The van der Waals surface area contributed by atoms with Crippen molar-refractivity contribution in [1.29, 1.82) is 0 Å². The van der Waals surface area contributed by atoms with Gasteiger partial charge in [0.15, 0.2) is 6.10 Å². The summed E-state index contributed by atoms with van der Waals surface area (Å²) in [6, 6.07) is 0. The van der Waals surface area contributed by atoms with E-state index in [9.17, 15) is 14.4 Å². The lowest BCUT2D eigenvalue weighted by atomic mass is 10.1. The first kappa shape index (κ1) is 62.8. The minimum absolute atomic E-state index is 0.0782. The molecule has 0 aliphatic carbocycles. The minimum atomic E-state index is -0.778. The van der Waals surface area contributed by atoms with E-state index in [1.54, 1.807) is 0 Å². The third kappa shape index (κ3) is 51.8. The van der Waals surface area contributed by atoms with E-state index in [2.05, 4.69) is 93.7 Å². The Kier molecular flexibility index (Phi) is 51.9. The zero-order valence-corrected chi connectivity index (χ0v) is 43.4. The van der Waals surface area contributed by atoms with Crippen molar-refractivity contribution >= 4 is 17.9 Å². The molecule has 6 heteroatoms. The standard InChI is InChI=1S/C60H104O6/c1-4-7-10-13-16-19-21-23-25-27-29-30-32-33-35-37-39-41-44-47-50-53-59(62)65-56-57(55-64-58(61)52-49-46-43-18-15-12-9-6-3)66-60(63)54-51-48-45-42-40-38-36-34-31-28-26-24-22-20-17-14-11-8-5-2/h7,10,16-17,19-20,23-26,29-30,57H,4-6,8-9,11-15,18,21-22,27-28,31-56H2,1-3H3/b10-7-,19-16-,20-17-,25-23-,26-24-,30-29-. The van der Waals surface area contributed by atoms with Crippen LogP contribution in [0, 0.1) is 0 Å². The van der Waals surface area contributed by atoms with Crippen molar-refractivity contribution in [3.63, 3.8) is 0 Å². The Bertz CT molecular complexity index is 1240. The second-order valence-corrected chi connectivity index (χ2v) is 18.5. The highest BCUT2D eigenvalue weighted by molar-refractivity contribution is 5.71.